The van der Waals surface area contributed by atoms with Gasteiger partial charge < -0.3 is 10.1 Å². The van der Waals surface area contributed by atoms with E-state index in [1.54, 1.807) is 11.3 Å². The Morgan fingerprint density at radius 2 is 1.82 bits per heavy atom. The number of carbonyl (C=O) groups excluding carboxylic acids is 2. The van der Waals surface area contributed by atoms with E-state index in [1.807, 2.05) is 68.4 Å². The molecule has 1 amide bonds. The highest BCUT2D eigenvalue weighted by atomic mass is 32.1. The van der Waals surface area contributed by atoms with Crippen molar-refractivity contribution in [1.29, 1.82) is 0 Å². The Balaban J connectivity index is 1.83. The van der Waals surface area contributed by atoms with E-state index in [2.05, 4.69) is 10.3 Å². The molecule has 3 aromatic rings. The first-order valence-corrected chi connectivity index (χ1v) is 10.2. The lowest BCUT2D eigenvalue weighted by Crippen LogP contribution is -2.39. The predicted molar refractivity (Wildman–Crippen MR) is 111 cm³/mol. The van der Waals surface area contributed by atoms with Crippen LogP contribution in [0.4, 0.5) is 0 Å². The van der Waals surface area contributed by atoms with Crippen molar-refractivity contribution in [2.24, 2.45) is 0 Å². The molecule has 0 saturated carbocycles. The van der Waals surface area contributed by atoms with Gasteiger partial charge in [-0.3, -0.25) is 9.59 Å². The molecular formula is C22H24N2O3S. The lowest BCUT2D eigenvalue weighted by atomic mass is 9.79. The van der Waals surface area contributed by atoms with Crippen LogP contribution in [0.5, 0.6) is 0 Å². The van der Waals surface area contributed by atoms with Gasteiger partial charge in [-0.1, -0.05) is 49.4 Å². The molecule has 1 atom stereocenters. The molecule has 1 N–H and O–H groups in total. The number of fused-ring (bicyclic) bond motifs is 1. The number of amides is 1. The molecule has 0 aliphatic heterocycles. The number of hydrogen-bond donors (Lipinski definition) is 1. The van der Waals surface area contributed by atoms with Gasteiger partial charge in [-0.2, -0.15) is 0 Å². The fourth-order valence-corrected chi connectivity index (χ4v) is 4.13. The topological polar surface area (TPSA) is 68.3 Å². The summed E-state index contributed by atoms with van der Waals surface area (Å²) in [7, 11) is 0. The Labute approximate surface area is 168 Å². The van der Waals surface area contributed by atoms with Gasteiger partial charge in [-0.05, 0) is 31.0 Å². The van der Waals surface area contributed by atoms with Crippen molar-refractivity contribution >= 4 is 33.4 Å². The molecule has 0 fully saturated rings. The largest absolute Gasteiger partial charge is 0.455 e. The van der Waals surface area contributed by atoms with Gasteiger partial charge in [0.2, 0.25) is 0 Å². The molecule has 0 bridgehead atoms. The van der Waals surface area contributed by atoms with E-state index in [-0.39, 0.29) is 12.5 Å². The predicted octanol–water partition coefficient (Wildman–Crippen LogP) is 3.87. The maximum Gasteiger partial charge on any atom is 0.317 e. The van der Waals surface area contributed by atoms with E-state index >= 15 is 0 Å². The molecule has 0 aliphatic carbocycles. The standard InChI is InChI=1S/C22H24N2O3S/c1-3-13-23-19(25)15-27-21(26)22(2,16-9-5-4-6-10-16)14-20-24-17-11-7-8-12-18(17)28-20/h4-12H,3,13-15H2,1-2H3,(H,23,25)/t22-/m0/s1. The Morgan fingerprint density at radius 1 is 1.11 bits per heavy atom. The fraction of sp³-hybridized carbons (Fsp3) is 0.318. The number of thiazole rings is 1. The number of benzene rings is 2. The van der Waals surface area contributed by atoms with Crippen molar-refractivity contribution < 1.29 is 14.3 Å². The minimum Gasteiger partial charge on any atom is -0.455 e. The van der Waals surface area contributed by atoms with Crippen molar-refractivity contribution in [2.45, 2.75) is 32.1 Å². The molecule has 5 nitrogen and oxygen atoms in total. The second kappa shape index (κ2) is 8.97. The summed E-state index contributed by atoms with van der Waals surface area (Å²) in [6, 6.07) is 17.4. The quantitative estimate of drug-likeness (QED) is 0.587. The molecule has 1 heterocycles. The average molecular weight is 397 g/mol. The molecule has 146 valence electrons. The van der Waals surface area contributed by atoms with Gasteiger partial charge in [0.05, 0.1) is 20.6 Å². The first-order chi connectivity index (χ1) is 13.5. The minimum atomic E-state index is -0.930. The summed E-state index contributed by atoms with van der Waals surface area (Å²) < 4.78 is 6.48. The highest BCUT2D eigenvalue weighted by Gasteiger charge is 2.38. The van der Waals surface area contributed by atoms with Crippen LogP contribution in [0.15, 0.2) is 54.6 Å². The molecule has 1 aromatic heterocycles. The van der Waals surface area contributed by atoms with Crippen LogP contribution < -0.4 is 5.32 Å². The van der Waals surface area contributed by atoms with Gasteiger partial charge in [0.25, 0.3) is 5.91 Å². The zero-order valence-corrected chi connectivity index (χ0v) is 16.9. The van der Waals surface area contributed by atoms with Crippen LogP contribution in [-0.2, 0) is 26.2 Å². The summed E-state index contributed by atoms with van der Waals surface area (Å²) in [4.78, 5) is 29.6. The van der Waals surface area contributed by atoms with Gasteiger partial charge in [-0.25, -0.2) is 4.98 Å². The second-order valence-corrected chi connectivity index (χ2v) is 7.99. The third kappa shape index (κ3) is 4.57. The molecule has 28 heavy (non-hydrogen) atoms. The van der Waals surface area contributed by atoms with E-state index in [4.69, 9.17) is 4.74 Å². The van der Waals surface area contributed by atoms with Gasteiger partial charge >= 0.3 is 5.97 Å². The SMILES string of the molecule is CCCNC(=O)COC(=O)[C@@](C)(Cc1nc2ccccc2s1)c1ccccc1. The van der Waals surface area contributed by atoms with Crippen molar-refractivity contribution in [3.8, 4) is 0 Å². The van der Waals surface area contributed by atoms with Gasteiger partial charge in [0.1, 0.15) is 0 Å². The maximum absolute atomic E-state index is 13.0. The fourth-order valence-electron chi connectivity index (χ4n) is 3.00. The molecule has 0 spiro atoms. The molecule has 0 saturated heterocycles. The molecule has 2 aromatic carbocycles. The molecule has 0 radical (unpaired) electrons. The van der Waals surface area contributed by atoms with Crippen LogP contribution in [0.1, 0.15) is 30.8 Å². The summed E-state index contributed by atoms with van der Waals surface area (Å²) >= 11 is 1.57. The number of rotatable bonds is 8. The number of ether oxygens (including phenoxy) is 1. The van der Waals surface area contributed by atoms with Crippen LogP contribution in [0.3, 0.4) is 0 Å². The van der Waals surface area contributed by atoms with Crippen LogP contribution in [-0.4, -0.2) is 30.0 Å². The lowest BCUT2D eigenvalue weighted by molar-refractivity contribution is -0.154. The number of nitrogens with one attached hydrogen (secondary N) is 1. The van der Waals surface area contributed by atoms with Crippen LogP contribution in [0, 0.1) is 0 Å². The van der Waals surface area contributed by atoms with Gasteiger partial charge in [0, 0.05) is 13.0 Å². The lowest BCUT2D eigenvalue weighted by Gasteiger charge is -2.27. The summed E-state index contributed by atoms with van der Waals surface area (Å²) in [5.74, 6) is -0.713. The smallest absolute Gasteiger partial charge is 0.317 e. The summed E-state index contributed by atoms with van der Waals surface area (Å²) in [5.41, 5.74) is 0.832. The first kappa shape index (κ1) is 20.0. The second-order valence-electron chi connectivity index (χ2n) is 6.88. The van der Waals surface area contributed by atoms with Crippen LogP contribution in [0.25, 0.3) is 10.2 Å². The number of carbonyl (C=O) groups is 2. The molecule has 6 heteroatoms. The van der Waals surface area contributed by atoms with Crippen LogP contribution in [0.2, 0.25) is 0 Å². The minimum absolute atomic E-state index is 0.277. The molecule has 3 rings (SSSR count). The summed E-state index contributed by atoms with van der Waals surface area (Å²) in [6.07, 6.45) is 1.24. The number of aromatic nitrogens is 1. The number of hydrogen-bond acceptors (Lipinski definition) is 5. The third-order valence-corrected chi connectivity index (χ3v) is 5.65. The third-order valence-electron chi connectivity index (χ3n) is 4.61. The highest BCUT2D eigenvalue weighted by molar-refractivity contribution is 7.18. The van der Waals surface area contributed by atoms with Gasteiger partial charge in [-0.15, -0.1) is 11.3 Å². The molecule has 0 unspecified atom stereocenters. The highest BCUT2D eigenvalue weighted by Crippen LogP contribution is 2.33. The Bertz CT molecular complexity index is 922. The van der Waals surface area contributed by atoms with E-state index in [1.165, 1.54) is 0 Å². The van der Waals surface area contributed by atoms with Crippen molar-refractivity contribution in [3.63, 3.8) is 0 Å². The zero-order chi connectivity index (χ0) is 20.0. The van der Waals surface area contributed by atoms with Crippen molar-refractivity contribution in [1.82, 2.24) is 10.3 Å². The summed E-state index contributed by atoms with van der Waals surface area (Å²) in [6.45, 7) is 4.11. The normalized spacial score (nSPS) is 13.1. The maximum atomic E-state index is 13.0. The van der Waals surface area contributed by atoms with E-state index in [9.17, 15) is 9.59 Å². The molecular weight excluding hydrogens is 372 g/mol. The number of para-hydroxylation sites is 1. The number of esters is 1. The monoisotopic (exact) mass is 396 g/mol. The Kier molecular flexibility index (Phi) is 6.41. The van der Waals surface area contributed by atoms with Gasteiger partial charge in [0.15, 0.2) is 6.61 Å². The van der Waals surface area contributed by atoms with Crippen molar-refractivity contribution in [2.75, 3.05) is 13.2 Å². The Morgan fingerprint density at radius 3 is 2.54 bits per heavy atom. The average Bonchev–Trinajstić information content (AvgIpc) is 3.13. The number of nitrogens with zero attached hydrogens (tertiary/aromatic N) is 1. The molecule has 0 aliphatic rings. The van der Waals surface area contributed by atoms with E-state index < -0.39 is 11.4 Å². The van der Waals surface area contributed by atoms with E-state index in [0.717, 1.165) is 27.2 Å². The van der Waals surface area contributed by atoms with Crippen molar-refractivity contribution in [3.05, 3.63) is 65.2 Å². The Hall–Kier alpha value is -2.73. The first-order valence-electron chi connectivity index (χ1n) is 9.37. The van der Waals surface area contributed by atoms with E-state index in [0.29, 0.717) is 13.0 Å². The van der Waals surface area contributed by atoms with Crippen LogP contribution >= 0.6 is 11.3 Å². The summed E-state index contributed by atoms with van der Waals surface area (Å²) in [5, 5.41) is 3.58. The zero-order valence-electron chi connectivity index (χ0n) is 16.1.